The van der Waals surface area contributed by atoms with Crippen LogP contribution in [-0.4, -0.2) is 34.1 Å². The van der Waals surface area contributed by atoms with Crippen LogP contribution in [0.2, 0.25) is 0 Å². The molecule has 86 valence electrons. The summed E-state index contributed by atoms with van der Waals surface area (Å²) in [6.45, 7) is 3.09. The fourth-order valence-corrected chi connectivity index (χ4v) is 2.96. The number of carboxylic acids is 1. The summed E-state index contributed by atoms with van der Waals surface area (Å²) >= 11 is 0. The van der Waals surface area contributed by atoms with Crippen LogP contribution in [0, 0.1) is 0 Å². The summed E-state index contributed by atoms with van der Waals surface area (Å²) < 4.78 is 0. The molecular weight excluding hydrogens is 190 g/mol. The average Bonchev–Trinajstić information content (AvgIpc) is 2.91. The molecule has 0 aromatic heterocycles. The third-order valence-corrected chi connectivity index (χ3v) is 3.83. The van der Waals surface area contributed by atoms with Crippen molar-refractivity contribution in [1.82, 2.24) is 4.90 Å². The molecule has 0 unspecified atom stereocenters. The van der Waals surface area contributed by atoms with Gasteiger partial charge < -0.3 is 5.11 Å². The predicted molar refractivity (Wildman–Crippen MR) is 58.9 cm³/mol. The molecule has 0 spiro atoms. The van der Waals surface area contributed by atoms with E-state index in [1.807, 2.05) is 0 Å². The molecular formula is C12H21NO2. The molecule has 2 fully saturated rings. The summed E-state index contributed by atoms with van der Waals surface area (Å²) in [6.07, 6.45) is 7.35. The second-order valence-corrected chi connectivity index (χ2v) is 4.97. The van der Waals surface area contributed by atoms with Gasteiger partial charge in [-0.15, -0.1) is 0 Å². The molecule has 0 amide bonds. The fraction of sp³-hybridized carbons (Fsp3) is 0.917. The average molecular weight is 211 g/mol. The van der Waals surface area contributed by atoms with E-state index < -0.39 is 11.5 Å². The number of carbonyl (C=O) groups is 1. The Bertz CT molecular complexity index is 242. The number of rotatable bonds is 5. The van der Waals surface area contributed by atoms with E-state index in [1.54, 1.807) is 0 Å². The minimum absolute atomic E-state index is 0.503. The van der Waals surface area contributed by atoms with E-state index in [1.165, 1.54) is 12.8 Å². The van der Waals surface area contributed by atoms with Crippen molar-refractivity contribution in [2.75, 3.05) is 6.54 Å². The van der Waals surface area contributed by atoms with Crippen molar-refractivity contribution >= 4 is 5.97 Å². The van der Waals surface area contributed by atoms with Crippen molar-refractivity contribution in [3.05, 3.63) is 0 Å². The number of nitrogens with zero attached hydrogens (tertiary/aromatic N) is 1. The van der Waals surface area contributed by atoms with E-state index in [9.17, 15) is 9.90 Å². The highest BCUT2D eigenvalue weighted by Gasteiger charge is 2.50. The van der Waals surface area contributed by atoms with Gasteiger partial charge in [0.1, 0.15) is 5.54 Å². The Hall–Kier alpha value is -0.570. The summed E-state index contributed by atoms with van der Waals surface area (Å²) in [5, 5.41) is 9.50. The molecule has 0 aliphatic heterocycles. The molecule has 0 aromatic rings. The standard InChI is InChI=1S/C12H21NO2/c1-2-9-13(10-5-6-10)12(11(14)15)7-3-4-8-12/h10H,2-9H2,1H3,(H,14,15). The first kappa shape index (κ1) is 10.9. The Morgan fingerprint density at radius 3 is 2.40 bits per heavy atom. The van der Waals surface area contributed by atoms with Crippen LogP contribution >= 0.6 is 0 Å². The molecule has 3 heteroatoms. The van der Waals surface area contributed by atoms with Crippen LogP contribution in [-0.2, 0) is 4.79 Å². The van der Waals surface area contributed by atoms with Crippen LogP contribution in [0.5, 0.6) is 0 Å². The molecule has 0 atom stereocenters. The van der Waals surface area contributed by atoms with Gasteiger partial charge in [-0.05, 0) is 38.6 Å². The Balaban J connectivity index is 2.16. The monoisotopic (exact) mass is 211 g/mol. The van der Waals surface area contributed by atoms with Gasteiger partial charge in [0.15, 0.2) is 0 Å². The van der Waals surface area contributed by atoms with Crippen LogP contribution in [0.3, 0.4) is 0 Å². The van der Waals surface area contributed by atoms with Gasteiger partial charge in [-0.1, -0.05) is 19.8 Å². The van der Waals surface area contributed by atoms with Crippen LogP contribution < -0.4 is 0 Å². The highest BCUT2D eigenvalue weighted by molar-refractivity contribution is 5.79. The van der Waals surface area contributed by atoms with Gasteiger partial charge >= 0.3 is 5.97 Å². The molecule has 0 saturated heterocycles. The van der Waals surface area contributed by atoms with E-state index in [4.69, 9.17) is 0 Å². The molecule has 0 bridgehead atoms. The molecule has 0 aromatic carbocycles. The van der Waals surface area contributed by atoms with Gasteiger partial charge in [0.2, 0.25) is 0 Å². The maximum Gasteiger partial charge on any atom is 0.324 e. The second kappa shape index (κ2) is 4.12. The second-order valence-electron chi connectivity index (χ2n) is 4.97. The maximum absolute atomic E-state index is 11.5. The minimum Gasteiger partial charge on any atom is -0.480 e. The fourth-order valence-electron chi connectivity index (χ4n) is 2.96. The Kier molecular flexibility index (Phi) is 3.01. The third-order valence-electron chi connectivity index (χ3n) is 3.83. The van der Waals surface area contributed by atoms with E-state index in [-0.39, 0.29) is 0 Å². The molecule has 3 nitrogen and oxygen atoms in total. The van der Waals surface area contributed by atoms with Crippen molar-refractivity contribution in [3.8, 4) is 0 Å². The van der Waals surface area contributed by atoms with E-state index in [2.05, 4.69) is 11.8 Å². The maximum atomic E-state index is 11.5. The zero-order chi connectivity index (χ0) is 10.9. The van der Waals surface area contributed by atoms with E-state index >= 15 is 0 Å². The lowest BCUT2D eigenvalue weighted by atomic mass is 9.94. The number of aliphatic carboxylic acids is 1. The minimum atomic E-state index is -0.583. The Labute approximate surface area is 91.5 Å². The van der Waals surface area contributed by atoms with Crippen molar-refractivity contribution in [1.29, 1.82) is 0 Å². The van der Waals surface area contributed by atoms with Gasteiger partial charge in [0.05, 0.1) is 0 Å². The largest absolute Gasteiger partial charge is 0.480 e. The number of hydrogen-bond acceptors (Lipinski definition) is 2. The number of carboxylic acid groups (broad SMARTS) is 1. The van der Waals surface area contributed by atoms with Gasteiger partial charge in [-0.3, -0.25) is 9.69 Å². The molecule has 1 N–H and O–H groups in total. The third kappa shape index (κ3) is 1.89. The molecule has 2 aliphatic carbocycles. The predicted octanol–water partition coefficient (Wildman–Crippen LogP) is 2.26. The SMILES string of the molecule is CCCN(C1CC1)C1(C(=O)O)CCCC1. The highest BCUT2D eigenvalue weighted by atomic mass is 16.4. The van der Waals surface area contributed by atoms with Crippen molar-refractivity contribution < 1.29 is 9.90 Å². The molecule has 2 aliphatic rings. The number of hydrogen-bond donors (Lipinski definition) is 1. The Morgan fingerprint density at radius 2 is 2.00 bits per heavy atom. The summed E-state index contributed by atoms with van der Waals surface area (Å²) in [6, 6.07) is 0.569. The van der Waals surface area contributed by atoms with Crippen LogP contribution in [0.4, 0.5) is 0 Å². The highest BCUT2D eigenvalue weighted by Crippen LogP contribution is 2.42. The van der Waals surface area contributed by atoms with Crippen LogP contribution in [0.15, 0.2) is 0 Å². The summed E-state index contributed by atoms with van der Waals surface area (Å²) in [5.41, 5.74) is -0.503. The molecule has 2 rings (SSSR count). The normalized spacial score (nSPS) is 24.7. The van der Waals surface area contributed by atoms with E-state index in [0.717, 1.165) is 38.6 Å². The first-order valence-electron chi connectivity index (χ1n) is 6.21. The van der Waals surface area contributed by atoms with Crippen molar-refractivity contribution in [2.24, 2.45) is 0 Å². The molecule has 2 saturated carbocycles. The lowest BCUT2D eigenvalue weighted by Gasteiger charge is -2.38. The lowest BCUT2D eigenvalue weighted by Crippen LogP contribution is -2.54. The smallest absolute Gasteiger partial charge is 0.324 e. The zero-order valence-corrected chi connectivity index (χ0v) is 9.54. The van der Waals surface area contributed by atoms with Gasteiger partial charge in [0.25, 0.3) is 0 Å². The topological polar surface area (TPSA) is 40.5 Å². The first-order chi connectivity index (χ1) is 7.20. The van der Waals surface area contributed by atoms with Gasteiger partial charge in [0, 0.05) is 6.04 Å². The van der Waals surface area contributed by atoms with Crippen LogP contribution in [0.25, 0.3) is 0 Å². The van der Waals surface area contributed by atoms with E-state index in [0.29, 0.717) is 6.04 Å². The lowest BCUT2D eigenvalue weighted by molar-refractivity contribution is -0.152. The molecule has 0 radical (unpaired) electrons. The van der Waals surface area contributed by atoms with Gasteiger partial charge in [-0.2, -0.15) is 0 Å². The molecule has 0 heterocycles. The molecule has 15 heavy (non-hydrogen) atoms. The Morgan fingerprint density at radius 1 is 1.40 bits per heavy atom. The van der Waals surface area contributed by atoms with Crippen LogP contribution in [0.1, 0.15) is 51.9 Å². The zero-order valence-electron chi connectivity index (χ0n) is 9.54. The van der Waals surface area contributed by atoms with Gasteiger partial charge in [-0.25, -0.2) is 0 Å². The summed E-state index contributed by atoms with van der Waals surface area (Å²) in [4.78, 5) is 13.8. The quantitative estimate of drug-likeness (QED) is 0.758. The van der Waals surface area contributed by atoms with Crippen molar-refractivity contribution in [3.63, 3.8) is 0 Å². The summed E-state index contributed by atoms with van der Waals surface area (Å²) in [7, 11) is 0. The van der Waals surface area contributed by atoms with Crippen molar-refractivity contribution in [2.45, 2.75) is 63.5 Å². The first-order valence-corrected chi connectivity index (χ1v) is 6.21. The summed E-state index contributed by atoms with van der Waals surface area (Å²) in [5.74, 6) is -0.583.